The average molecular weight is 218 g/mol. The van der Waals surface area contributed by atoms with Crippen molar-refractivity contribution >= 4 is 11.9 Å². The van der Waals surface area contributed by atoms with E-state index in [1.54, 1.807) is 0 Å². The summed E-state index contributed by atoms with van der Waals surface area (Å²) in [6, 6.07) is 0. The van der Waals surface area contributed by atoms with Crippen molar-refractivity contribution in [1.29, 1.82) is 0 Å². The number of aliphatic carboxylic acids is 1. The third-order valence-corrected chi connectivity index (χ3v) is 1.87. The molecule has 0 saturated heterocycles. The SMILES string of the molecule is COC(=O)CC(OCCC(C)C)C(=O)O. The zero-order valence-electron chi connectivity index (χ0n) is 9.36. The second-order valence-corrected chi connectivity index (χ2v) is 3.66. The quantitative estimate of drug-likeness (QED) is 0.647. The molecule has 0 fully saturated rings. The standard InChI is InChI=1S/C10H18O5/c1-7(2)4-5-15-8(10(12)13)6-9(11)14-3/h7-8H,4-6H2,1-3H3,(H,12,13). The summed E-state index contributed by atoms with van der Waals surface area (Å²) in [5.41, 5.74) is 0. The number of ether oxygens (including phenoxy) is 2. The molecule has 0 aromatic rings. The van der Waals surface area contributed by atoms with Crippen LogP contribution in [0.5, 0.6) is 0 Å². The van der Waals surface area contributed by atoms with Gasteiger partial charge < -0.3 is 14.6 Å². The lowest BCUT2D eigenvalue weighted by molar-refractivity contribution is -0.158. The Bertz CT molecular complexity index is 212. The van der Waals surface area contributed by atoms with Gasteiger partial charge >= 0.3 is 11.9 Å². The van der Waals surface area contributed by atoms with E-state index in [4.69, 9.17) is 9.84 Å². The van der Waals surface area contributed by atoms with Gasteiger partial charge in [0.05, 0.1) is 13.5 Å². The molecule has 0 aromatic heterocycles. The molecule has 0 rings (SSSR count). The summed E-state index contributed by atoms with van der Waals surface area (Å²) in [6.45, 7) is 4.37. The van der Waals surface area contributed by atoms with Crippen LogP contribution in [0.3, 0.4) is 0 Å². The van der Waals surface area contributed by atoms with Gasteiger partial charge in [0.2, 0.25) is 0 Å². The fraction of sp³-hybridized carbons (Fsp3) is 0.800. The van der Waals surface area contributed by atoms with Crippen molar-refractivity contribution < 1.29 is 24.2 Å². The maximum Gasteiger partial charge on any atom is 0.333 e. The Labute approximate surface area is 89.4 Å². The van der Waals surface area contributed by atoms with Crippen LogP contribution in [-0.2, 0) is 19.1 Å². The molecular weight excluding hydrogens is 200 g/mol. The molecule has 5 nitrogen and oxygen atoms in total. The highest BCUT2D eigenvalue weighted by molar-refractivity contribution is 5.80. The summed E-state index contributed by atoms with van der Waals surface area (Å²) >= 11 is 0. The molecular formula is C10H18O5. The molecule has 1 unspecified atom stereocenters. The lowest BCUT2D eigenvalue weighted by Gasteiger charge is -2.13. The van der Waals surface area contributed by atoms with E-state index in [0.29, 0.717) is 12.5 Å². The zero-order valence-corrected chi connectivity index (χ0v) is 9.36. The number of carbonyl (C=O) groups excluding carboxylic acids is 1. The number of rotatable bonds is 7. The molecule has 0 saturated carbocycles. The van der Waals surface area contributed by atoms with Crippen LogP contribution in [0.1, 0.15) is 26.7 Å². The van der Waals surface area contributed by atoms with Crippen LogP contribution in [0, 0.1) is 5.92 Å². The topological polar surface area (TPSA) is 72.8 Å². The molecule has 0 heterocycles. The lowest BCUT2D eigenvalue weighted by Crippen LogP contribution is -2.28. The van der Waals surface area contributed by atoms with Gasteiger partial charge in [0.25, 0.3) is 0 Å². The fourth-order valence-corrected chi connectivity index (χ4v) is 0.898. The molecule has 0 aliphatic rings. The van der Waals surface area contributed by atoms with E-state index >= 15 is 0 Å². The Kier molecular flexibility index (Phi) is 6.70. The molecule has 0 aliphatic heterocycles. The minimum Gasteiger partial charge on any atom is -0.479 e. The Balaban J connectivity index is 3.94. The number of hydrogen-bond acceptors (Lipinski definition) is 4. The summed E-state index contributed by atoms with van der Waals surface area (Å²) in [6.07, 6.45) is -0.578. The number of carboxylic acids is 1. The van der Waals surface area contributed by atoms with E-state index in [9.17, 15) is 9.59 Å². The minimum absolute atomic E-state index is 0.246. The van der Waals surface area contributed by atoms with Gasteiger partial charge in [0, 0.05) is 6.61 Å². The van der Waals surface area contributed by atoms with Gasteiger partial charge in [-0.05, 0) is 12.3 Å². The first-order chi connectivity index (χ1) is 6.97. The molecule has 5 heteroatoms. The molecule has 0 amide bonds. The van der Waals surface area contributed by atoms with Gasteiger partial charge in [-0.15, -0.1) is 0 Å². The summed E-state index contributed by atoms with van der Waals surface area (Å²) in [5, 5.41) is 8.75. The molecule has 0 spiro atoms. The first-order valence-corrected chi connectivity index (χ1v) is 4.88. The number of esters is 1. The van der Waals surface area contributed by atoms with E-state index in [1.807, 2.05) is 13.8 Å². The van der Waals surface area contributed by atoms with Crippen LogP contribution in [0.15, 0.2) is 0 Å². The monoisotopic (exact) mass is 218 g/mol. The number of hydrogen-bond donors (Lipinski definition) is 1. The Hall–Kier alpha value is -1.10. The second kappa shape index (κ2) is 7.23. The van der Waals surface area contributed by atoms with Crippen LogP contribution in [0.2, 0.25) is 0 Å². The van der Waals surface area contributed by atoms with Gasteiger partial charge in [0.1, 0.15) is 0 Å². The number of methoxy groups -OCH3 is 1. The van der Waals surface area contributed by atoms with Gasteiger partial charge in [-0.25, -0.2) is 4.79 Å². The molecule has 1 N–H and O–H groups in total. The van der Waals surface area contributed by atoms with E-state index < -0.39 is 18.0 Å². The lowest BCUT2D eigenvalue weighted by atomic mass is 10.1. The van der Waals surface area contributed by atoms with Crippen LogP contribution in [-0.4, -0.2) is 36.9 Å². The van der Waals surface area contributed by atoms with E-state index in [2.05, 4.69) is 4.74 Å². The van der Waals surface area contributed by atoms with Gasteiger partial charge in [0.15, 0.2) is 6.10 Å². The largest absolute Gasteiger partial charge is 0.479 e. The molecule has 0 aliphatic carbocycles. The molecule has 0 bridgehead atoms. The molecule has 88 valence electrons. The first-order valence-electron chi connectivity index (χ1n) is 4.88. The Morgan fingerprint density at radius 3 is 2.33 bits per heavy atom. The number of carbonyl (C=O) groups is 2. The third kappa shape index (κ3) is 6.90. The summed E-state index contributed by atoms with van der Waals surface area (Å²) in [4.78, 5) is 21.6. The minimum atomic E-state index is -1.14. The Morgan fingerprint density at radius 1 is 1.33 bits per heavy atom. The third-order valence-electron chi connectivity index (χ3n) is 1.87. The van der Waals surface area contributed by atoms with Crippen LogP contribution in [0.4, 0.5) is 0 Å². The van der Waals surface area contributed by atoms with Crippen molar-refractivity contribution in [2.24, 2.45) is 5.92 Å². The number of carboxylic acid groups (broad SMARTS) is 1. The van der Waals surface area contributed by atoms with E-state index in [0.717, 1.165) is 6.42 Å². The van der Waals surface area contributed by atoms with Crippen molar-refractivity contribution in [3.8, 4) is 0 Å². The van der Waals surface area contributed by atoms with Crippen LogP contribution in [0.25, 0.3) is 0 Å². The highest BCUT2D eigenvalue weighted by Crippen LogP contribution is 2.05. The molecule has 15 heavy (non-hydrogen) atoms. The highest BCUT2D eigenvalue weighted by atomic mass is 16.5. The van der Waals surface area contributed by atoms with Crippen molar-refractivity contribution in [1.82, 2.24) is 0 Å². The van der Waals surface area contributed by atoms with Gasteiger partial charge in [-0.3, -0.25) is 4.79 Å². The molecule has 0 radical (unpaired) electrons. The van der Waals surface area contributed by atoms with Crippen LogP contribution >= 0.6 is 0 Å². The van der Waals surface area contributed by atoms with Crippen molar-refractivity contribution in [2.45, 2.75) is 32.8 Å². The van der Waals surface area contributed by atoms with Crippen molar-refractivity contribution in [3.63, 3.8) is 0 Å². The second-order valence-electron chi connectivity index (χ2n) is 3.66. The predicted molar refractivity (Wildman–Crippen MR) is 53.5 cm³/mol. The van der Waals surface area contributed by atoms with Crippen LogP contribution < -0.4 is 0 Å². The zero-order chi connectivity index (χ0) is 11.8. The Morgan fingerprint density at radius 2 is 1.93 bits per heavy atom. The maximum atomic E-state index is 10.9. The molecule has 1 atom stereocenters. The van der Waals surface area contributed by atoms with Gasteiger partial charge in [-0.1, -0.05) is 13.8 Å². The highest BCUT2D eigenvalue weighted by Gasteiger charge is 2.22. The van der Waals surface area contributed by atoms with Gasteiger partial charge in [-0.2, -0.15) is 0 Å². The van der Waals surface area contributed by atoms with E-state index in [1.165, 1.54) is 7.11 Å². The van der Waals surface area contributed by atoms with E-state index in [-0.39, 0.29) is 6.42 Å². The first kappa shape index (κ1) is 13.9. The fourth-order valence-electron chi connectivity index (χ4n) is 0.898. The maximum absolute atomic E-state index is 10.9. The average Bonchev–Trinajstić information content (AvgIpc) is 2.15. The van der Waals surface area contributed by atoms with Crippen molar-refractivity contribution in [3.05, 3.63) is 0 Å². The molecule has 0 aromatic carbocycles. The summed E-state index contributed by atoms with van der Waals surface area (Å²) in [5.74, 6) is -1.27. The summed E-state index contributed by atoms with van der Waals surface area (Å²) in [7, 11) is 1.22. The van der Waals surface area contributed by atoms with Crippen molar-refractivity contribution in [2.75, 3.05) is 13.7 Å². The normalized spacial score (nSPS) is 12.5. The smallest absolute Gasteiger partial charge is 0.333 e. The predicted octanol–water partition coefficient (Wildman–Crippen LogP) is 1.07. The summed E-state index contributed by atoms with van der Waals surface area (Å²) < 4.78 is 9.46.